The Morgan fingerprint density at radius 3 is 3.15 bits per heavy atom. The highest BCUT2D eigenvalue weighted by molar-refractivity contribution is 6.67. The first-order valence-electron chi connectivity index (χ1n) is 4.68. The van der Waals surface area contributed by atoms with Gasteiger partial charge in [-0.2, -0.15) is 0 Å². The van der Waals surface area contributed by atoms with Crippen LogP contribution in [0, 0.1) is 0 Å². The second-order valence-electron chi connectivity index (χ2n) is 3.25. The molecular weight excluding hydrogens is 163 g/mol. The fourth-order valence-corrected chi connectivity index (χ4v) is 1.64. The molecule has 3 heteroatoms. The molecule has 0 saturated carbocycles. The third-order valence-electron chi connectivity index (χ3n) is 2.36. The van der Waals surface area contributed by atoms with Crippen LogP contribution >= 0.6 is 0 Å². The molecule has 0 fully saturated rings. The molecule has 0 aliphatic carbocycles. The lowest BCUT2D eigenvalue weighted by Gasteiger charge is -2.05. The highest BCUT2D eigenvalue weighted by Gasteiger charge is 2.23. The molecule has 2 nitrogen and oxygen atoms in total. The zero-order valence-corrected chi connectivity index (χ0v) is 8.04. The molecule has 0 radical (unpaired) electrons. The summed E-state index contributed by atoms with van der Waals surface area (Å²) in [5.74, 6) is 0.943. The fourth-order valence-electron chi connectivity index (χ4n) is 1.64. The van der Waals surface area contributed by atoms with E-state index >= 15 is 0 Å². The van der Waals surface area contributed by atoms with Crippen LogP contribution in [-0.4, -0.2) is 13.5 Å². The fraction of sp³-hybridized carbons (Fsp3) is 0.400. The molecule has 0 atom stereocenters. The summed E-state index contributed by atoms with van der Waals surface area (Å²) in [6.07, 6.45) is 0. The molecule has 1 heterocycles. The van der Waals surface area contributed by atoms with Crippen molar-refractivity contribution in [2.24, 2.45) is 0 Å². The van der Waals surface area contributed by atoms with E-state index in [0.29, 0.717) is 6.61 Å². The topological polar surface area (TPSA) is 18.5 Å². The quantitative estimate of drug-likeness (QED) is 0.634. The Hall–Kier alpha value is -0.955. The molecule has 68 valence electrons. The molecule has 0 amide bonds. The summed E-state index contributed by atoms with van der Waals surface area (Å²) in [6.45, 7) is 5.74. The minimum absolute atomic E-state index is 0.218. The van der Waals surface area contributed by atoms with Crippen molar-refractivity contribution in [1.29, 1.82) is 0 Å². The first-order valence-corrected chi connectivity index (χ1v) is 4.68. The van der Waals surface area contributed by atoms with Crippen molar-refractivity contribution >= 4 is 12.4 Å². The van der Waals surface area contributed by atoms with Crippen LogP contribution in [0.25, 0.3) is 0 Å². The summed E-state index contributed by atoms with van der Waals surface area (Å²) in [6, 6.07) is 6.17. The van der Waals surface area contributed by atoms with E-state index in [2.05, 4.69) is 19.0 Å². The normalized spacial score (nSPS) is 14.5. The summed E-state index contributed by atoms with van der Waals surface area (Å²) < 4.78 is 10.9. The summed E-state index contributed by atoms with van der Waals surface area (Å²) >= 11 is 0. The van der Waals surface area contributed by atoms with Crippen LogP contribution in [0.1, 0.15) is 12.5 Å². The predicted molar refractivity (Wildman–Crippen MR) is 53.7 cm³/mol. The van der Waals surface area contributed by atoms with Gasteiger partial charge in [-0.05, 0) is 30.1 Å². The van der Waals surface area contributed by atoms with E-state index in [0.717, 1.165) is 12.4 Å². The number of ether oxygens (including phenoxy) is 1. The second-order valence-corrected chi connectivity index (χ2v) is 3.25. The average Bonchev–Trinajstić information content (AvgIpc) is 2.49. The largest absolute Gasteiger partial charge is 0.494 e. The zero-order chi connectivity index (χ0) is 9.26. The number of fused-ring (bicyclic) bond motifs is 1. The Labute approximate surface area is 79.0 Å². The van der Waals surface area contributed by atoms with Crippen LogP contribution in [0.4, 0.5) is 0 Å². The molecule has 1 aliphatic rings. The predicted octanol–water partition coefficient (Wildman–Crippen LogP) is 1.44. The number of hydrogen-bond donors (Lipinski definition) is 0. The third-order valence-corrected chi connectivity index (χ3v) is 2.36. The number of rotatable bonds is 2. The summed E-state index contributed by atoms with van der Waals surface area (Å²) in [5.41, 5.74) is 2.56. The van der Waals surface area contributed by atoms with Crippen LogP contribution in [0.15, 0.2) is 18.2 Å². The van der Waals surface area contributed by atoms with Gasteiger partial charge in [-0.1, -0.05) is 12.9 Å². The van der Waals surface area contributed by atoms with Crippen LogP contribution in [0.5, 0.6) is 5.75 Å². The molecule has 0 aromatic heterocycles. The molecular formula is C10H13BO2. The lowest BCUT2D eigenvalue weighted by Crippen LogP contribution is -2.24. The molecule has 0 unspecified atom stereocenters. The first-order chi connectivity index (χ1) is 6.31. The van der Waals surface area contributed by atoms with E-state index < -0.39 is 0 Å². The Balaban J connectivity index is 2.31. The average molecular weight is 176 g/mol. The van der Waals surface area contributed by atoms with Crippen molar-refractivity contribution in [2.45, 2.75) is 20.4 Å². The van der Waals surface area contributed by atoms with Gasteiger partial charge in [0.1, 0.15) is 5.75 Å². The van der Waals surface area contributed by atoms with Gasteiger partial charge in [0.2, 0.25) is 0 Å². The van der Waals surface area contributed by atoms with E-state index in [1.54, 1.807) is 0 Å². The molecule has 1 aromatic carbocycles. The van der Waals surface area contributed by atoms with E-state index in [4.69, 9.17) is 9.39 Å². The minimum atomic E-state index is 0.218. The highest BCUT2D eigenvalue weighted by atomic mass is 16.5. The van der Waals surface area contributed by atoms with Gasteiger partial charge >= 0.3 is 6.92 Å². The van der Waals surface area contributed by atoms with Gasteiger partial charge in [0.05, 0.1) is 13.2 Å². The van der Waals surface area contributed by atoms with E-state index in [1.807, 2.05) is 13.0 Å². The SMILES string of the molecule is CCOc1ccc2c(c1)B(C)OC2. The van der Waals surface area contributed by atoms with Gasteiger partial charge in [-0.3, -0.25) is 0 Å². The van der Waals surface area contributed by atoms with Gasteiger partial charge in [-0.15, -0.1) is 0 Å². The zero-order valence-electron chi connectivity index (χ0n) is 8.04. The second kappa shape index (κ2) is 3.42. The van der Waals surface area contributed by atoms with Crippen molar-refractivity contribution in [3.63, 3.8) is 0 Å². The van der Waals surface area contributed by atoms with Crippen molar-refractivity contribution in [1.82, 2.24) is 0 Å². The van der Waals surface area contributed by atoms with E-state index in [9.17, 15) is 0 Å². The molecule has 0 spiro atoms. The molecule has 1 aliphatic heterocycles. The maximum absolute atomic E-state index is 5.50. The number of benzene rings is 1. The monoisotopic (exact) mass is 176 g/mol. The lowest BCUT2D eigenvalue weighted by molar-refractivity contribution is 0.333. The molecule has 0 N–H and O–H groups in total. The van der Waals surface area contributed by atoms with E-state index in [-0.39, 0.29) is 6.92 Å². The summed E-state index contributed by atoms with van der Waals surface area (Å²) in [4.78, 5) is 0. The molecule has 2 rings (SSSR count). The number of hydrogen-bond acceptors (Lipinski definition) is 2. The molecule has 13 heavy (non-hydrogen) atoms. The Kier molecular flexibility index (Phi) is 2.27. The van der Waals surface area contributed by atoms with Gasteiger partial charge < -0.3 is 9.39 Å². The molecule has 1 aromatic rings. The van der Waals surface area contributed by atoms with Crippen LogP contribution in [-0.2, 0) is 11.3 Å². The van der Waals surface area contributed by atoms with Gasteiger partial charge in [0.25, 0.3) is 0 Å². The van der Waals surface area contributed by atoms with Crippen LogP contribution in [0.3, 0.4) is 0 Å². The van der Waals surface area contributed by atoms with E-state index in [1.165, 1.54) is 11.0 Å². The van der Waals surface area contributed by atoms with Crippen molar-refractivity contribution < 1.29 is 9.39 Å². The standard InChI is InChI=1S/C10H13BO2/c1-3-12-9-5-4-8-7-13-11(2)10(8)6-9/h4-6H,3,7H2,1-2H3. The Bertz CT molecular complexity index is 312. The summed E-state index contributed by atoms with van der Waals surface area (Å²) in [5, 5.41) is 0. The lowest BCUT2D eigenvalue weighted by atomic mass is 9.64. The maximum Gasteiger partial charge on any atom is 0.324 e. The van der Waals surface area contributed by atoms with Crippen molar-refractivity contribution in [3.05, 3.63) is 23.8 Å². The smallest absolute Gasteiger partial charge is 0.324 e. The molecule has 0 bridgehead atoms. The first kappa shape index (κ1) is 8.63. The van der Waals surface area contributed by atoms with Gasteiger partial charge in [0, 0.05) is 0 Å². The van der Waals surface area contributed by atoms with Crippen molar-refractivity contribution in [2.75, 3.05) is 6.61 Å². The van der Waals surface area contributed by atoms with Crippen molar-refractivity contribution in [3.8, 4) is 5.75 Å². The Morgan fingerprint density at radius 2 is 2.38 bits per heavy atom. The van der Waals surface area contributed by atoms with Gasteiger partial charge in [0.15, 0.2) is 0 Å². The van der Waals surface area contributed by atoms with Crippen LogP contribution in [0.2, 0.25) is 6.82 Å². The Morgan fingerprint density at radius 1 is 1.54 bits per heavy atom. The maximum atomic E-state index is 5.50. The highest BCUT2D eigenvalue weighted by Crippen LogP contribution is 2.16. The van der Waals surface area contributed by atoms with Crippen LogP contribution < -0.4 is 10.2 Å². The minimum Gasteiger partial charge on any atom is -0.494 e. The molecule has 0 saturated heterocycles. The van der Waals surface area contributed by atoms with Gasteiger partial charge in [-0.25, -0.2) is 0 Å². The summed E-state index contributed by atoms with van der Waals surface area (Å²) in [7, 11) is 0. The third kappa shape index (κ3) is 1.56.